The molecule has 0 aliphatic carbocycles. The molecule has 0 radical (unpaired) electrons. The summed E-state index contributed by atoms with van der Waals surface area (Å²) in [4.78, 5) is 22.1. The fourth-order valence-corrected chi connectivity index (χ4v) is 1.76. The molecular formula is C11H12ClFN2O4. The molecule has 1 amide bonds. The number of hydrogen-bond acceptors (Lipinski definition) is 3. The Balaban J connectivity index is 3.59. The molecule has 8 heteroatoms. The van der Waals surface area contributed by atoms with Gasteiger partial charge in [-0.1, -0.05) is 11.6 Å². The Hall–Kier alpha value is -1.89. The van der Waals surface area contributed by atoms with E-state index in [4.69, 9.17) is 11.6 Å². The summed E-state index contributed by atoms with van der Waals surface area (Å²) in [6.45, 7) is 4.67. The van der Waals surface area contributed by atoms with Gasteiger partial charge in [-0.05, 0) is 26.8 Å². The average molecular weight is 291 g/mol. The first kappa shape index (κ1) is 15.2. The Morgan fingerprint density at radius 1 is 1.47 bits per heavy atom. The van der Waals surface area contributed by atoms with Gasteiger partial charge in [-0.2, -0.15) is 0 Å². The summed E-state index contributed by atoms with van der Waals surface area (Å²) in [5, 5.41) is 19.7. The first-order chi connectivity index (χ1) is 8.55. The molecule has 0 saturated heterocycles. The number of halogens is 2. The van der Waals surface area contributed by atoms with Gasteiger partial charge in [0.05, 0.1) is 16.0 Å². The summed E-state index contributed by atoms with van der Waals surface area (Å²) in [5.74, 6) is -0.976. The molecule has 0 spiro atoms. The second kappa shape index (κ2) is 5.00. The van der Waals surface area contributed by atoms with Crippen molar-refractivity contribution in [3.63, 3.8) is 0 Å². The van der Waals surface area contributed by atoms with Gasteiger partial charge in [0.1, 0.15) is 11.5 Å². The number of hydrogen-bond donors (Lipinski definition) is 1. The third kappa shape index (κ3) is 3.11. The van der Waals surface area contributed by atoms with Crippen LogP contribution < -0.4 is 4.90 Å². The largest absolute Gasteiger partial charge is 0.465 e. The molecule has 1 aromatic rings. The third-order valence-electron chi connectivity index (χ3n) is 2.32. The maximum Gasteiger partial charge on any atom is 0.412 e. The maximum absolute atomic E-state index is 13.3. The average Bonchev–Trinajstić information content (AvgIpc) is 2.19. The summed E-state index contributed by atoms with van der Waals surface area (Å²) >= 11 is 5.57. The molecule has 0 aliphatic rings. The lowest BCUT2D eigenvalue weighted by molar-refractivity contribution is -0.384. The van der Waals surface area contributed by atoms with Crippen LogP contribution in [0.15, 0.2) is 12.1 Å². The van der Waals surface area contributed by atoms with E-state index < -0.39 is 28.1 Å². The van der Waals surface area contributed by atoms with Crippen LogP contribution in [-0.2, 0) is 0 Å². The molecule has 1 N–H and O–H groups in total. The lowest BCUT2D eigenvalue weighted by Gasteiger charge is -2.32. The maximum atomic E-state index is 13.3. The van der Waals surface area contributed by atoms with Crippen molar-refractivity contribution < 1.29 is 19.2 Å². The summed E-state index contributed by atoms with van der Waals surface area (Å²) in [5.41, 5.74) is -1.87. The zero-order valence-corrected chi connectivity index (χ0v) is 11.2. The number of carbonyl (C=O) groups is 1. The van der Waals surface area contributed by atoms with Crippen LogP contribution >= 0.6 is 11.6 Å². The highest BCUT2D eigenvalue weighted by molar-refractivity contribution is 6.31. The smallest absolute Gasteiger partial charge is 0.412 e. The monoisotopic (exact) mass is 290 g/mol. The number of anilines is 1. The highest BCUT2D eigenvalue weighted by Crippen LogP contribution is 2.36. The van der Waals surface area contributed by atoms with Crippen molar-refractivity contribution in [3.05, 3.63) is 33.1 Å². The second-order valence-corrected chi connectivity index (χ2v) is 5.21. The predicted molar refractivity (Wildman–Crippen MR) is 68.3 cm³/mol. The Bertz CT molecular complexity index is 542. The van der Waals surface area contributed by atoms with Crippen molar-refractivity contribution in [2.45, 2.75) is 26.3 Å². The van der Waals surface area contributed by atoms with E-state index in [9.17, 15) is 24.4 Å². The number of amides is 1. The number of benzene rings is 1. The van der Waals surface area contributed by atoms with Gasteiger partial charge in [0.25, 0.3) is 5.69 Å². The first-order valence-electron chi connectivity index (χ1n) is 5.22. The SMILES string of the molecule is CC(C)(C)N(C(=O)O)c1cc(Cl)c(F)cc1[N+](=O)[O-]. The molecule has 0 atom stereocenters. The van der Waals surface area contributed by atoms with E-state index in [-0.39, 0.29) is 10.7 Å². The molecule has 104 valence electrons. The van der Waals surface area contributed by atoms with Gasteiger partial charge in [0.2, 0.25) is 0 Å². The Morgan fingerprint density at radius 2 is 2.00 bits per heavy atom. The van der Waals surface area contributed by atoms with Gasteiger partial charge in [0, 0.05) is 5.54 Å². The summed E-state index contributed by atoms with van der Waals surface area (Å²) in [7, 11) is 0. The van der Waals surface area contributed by atoms with Crippen LogP contribution in [-0.4, -0.2) is 21.7 Å². The Kier molecular flexibility index (Phi) is 4.00. The minimum atomic E-state index is -1.39. The zero-order valence-electron chi connectivity index (χ0n) is 10.5. The summed E-state index contributed by atoms with van der Waals surface area (Å²) < 4.78 is 13.3. The van der Waals surface area contributed by atoms with Gasteiger partial charge in [-0.25, -0.2) is 9.18 Å². The van der Waals surface area contributed by atoms with E-state index in [0.29, 0.717) is 6.07 Å². The van der Waals surface area contributed by atoms with E-state index >= 15 is 0 Å². The first-order valence-corrected chi connectivity index (χ1v) is 5.60. The molecule has 0 heterocycles. The highest BCUT2D eigenvalue weighted by atomic mass is 35.5. The van der Waals surface area contributed by atoms with E-state index in [1.54, 1.807) is 20.8 Å². The topological polar surface area (TPSA) is 83.7 Å². The van der Waals surface area contributed by atoms with E-state index in [1.165, 1.54) is 0 Å². The van der Waals surface area contributed by atoms with Crippen molar-refractivity contribution >= 4 is 29.1 Å². The van der Waals surface area contributed by atoms with Crippen LogP contribution in [0.4, 0.5) is 20.6 Å². The van der Waals surface area contributed by atoms with Crippen LogP contribution in [0.2, 0.25) is 5.02 Å². The number of nitro groups is 1. The lowest BCUT2D eigenvalue weighted by atomic mass is 10.0. The molecular weight excluding hydrogens is 279 g/mol. The molecule has 19 heavy (non-hydrogen) atoms. The van der Waals surface area contributed by atoms with Gasteiger partial charge in [-0.3, -0.25) is 15.0 Å². The predicted octanol–water partition coefficient (Wildman–Crippen LogP) is 3.67. The van der Waals surface area contributed by atoms with Crippen LogP contribution in [0.1, 0.15) is 20.8 Å². The van der Waals surface area contributed by atoms with Crippen LogP contribution in [0.25, 0.3) is 0 Å². The Morgan fingerprint density at radius 3 is 2.37 bits per heavy atom. The quantitative estimate of drug-likeness (QED) is 0.665. The van der Waals surface area contributed by atoms with Gasteiger partial charge < -0.3 is 5.11 Å². The van der Waals surface area contributed by atoms with E-state index in [1.807, 2.05) is 0 Å². The zero-order chi connectivity index (χ0) is 15.0. The minimum absolute atomic E-state index is 0.267. The van der Waals surface area contributed by atoms with Gasteiger partial charge >= 0.3 is 6.09 Å². The molecule has 0 saturated carbocycles. The lowest BCUT2D eigenvalue weighted by Crippen LogP contribution is -2.45. The highest BCUT2D eigenvalue weighted by Gasteiger charge is 2.34. The molecule has 0 fully saturated rings. The number of nitrogens with zero attached hydrogens (tertiary/aromatic N) is 2. The molecule has 0 aliphatic heterocycles. The van der Waals surface area contributed by atoms with Crippen LogP contribution in [0.3, 0.4) is 0 Å². The van der Waals surface area contributed by atoms with Crippen molar-refractivity contribution in [2.75, 3.05) is 4.90 Å². The second-order valence-electron chi connectivity index (χ2n) is 4.80. The molecule has 0 aromatic heterocycles. The third-order valence-corrected chi connectivity index (χ3v) is 2.61. The summed E-state index contributed by atoms with van der Waals surface area (Å²) in [6, 6.07) is 1.55. The normalized spacial score (nSPS) is 11.2. The molecule has 1 aromatic carbocycles. The van der Waals surface area contributed by atoms with E-state index in [2.05, 4.69) is 0 Å². The molecule has 1 rings (SSSR count). The molecule has 6 nitrogen and oxygen atoms in total. The molecule has 0 bridgehead atoms. The minimum Gasteiger partial charge on any atom is -0.465 e. The van der Waals surface area contributed by atoms with Crippen molar-refractivity contribution in [1.82, 2.24) is 0 Å². The van der Waals surface area contributed by atoms with Gasteiger partial charge in [-0.15, -0.1) is 0 Å². The standard InChI is InChI=1S/C11H12ClFN2O4/c1-11(2,3)14(10(16)17)8-4-6(12)7(13)5-9(8)15(18)19/h4-5H,1-3H3,(H,16,17). The fraction of sp³-hybridized carbons (Fsp3) is 0.364. The van der Waals surface area contributed by atoms with Crippen molar-refractivity contribution in [3.8, 4) is 0 Å². The van der Waals surface area contributed by atoms with Crippen LogP contribution in [0, 0.1) is 15.9 Å². The fourth-order valence-electron chi connectivity index (χ4n) is 1.60. The van der Waals surface area contributed by atoms with Crippen molar-refractivity contribution in [1.29, 1.82) is 0 Å². The molecule has 0 unspecified atom stereocenters. The number of rotatable bonds is 2. The van der Waals surface area contributed by atoms with E-state index in [0.717, 1.165) is 11.0 Å². The number of carboxylic acid groups (broad SMARTS) is 1. The van der Waals surface area contributed by atoms with Crippen molar-refractivity contribution in [2.24, 2.45) is 0 Å². The van der Waals surface area contributed by atoms with Gasteiger partial charge in [0.15, 0.2) is 0 Å². The van der Waals surface area contributed by atoms with Crippen LogP contribution in [0.5, 0.6) is 0 Å². The summed E-state index contributed by atoms with van der Waals surface area (Å²) in [6.07, 6.45) is -1.39. The Labute approximate surface area is 113 Å². The number of nitro benzene ring substituents is 1.